The van der Waals surface area contributed by atoms with Gasteiger partial charge in [0.25, 0.3) is 0 Å². The summed E-state index contributed by atoms with van der Waals surface area (Å²) >= 11 is 8.03. The number of H-pyrrole nitrogens is 1. The molecule has 4 rings (SSSR count). The highest BCUT2D eigenvalue weighted by atomic mass is 35.5. The molecule has 0 radical (unpaired) electrons. The molecule has 1 aliphatic rings. The average molecular weight is 445 g/mol. The summed E-state index contributed by atoms with van der Waals surface area (Å²) in [6.07, 6.45) is 0. The van der Waals surface area contributed by atoms with Crippen LogP contribution in [0.5, 0.6) is 0 Å². The molecule has 30 heavy (non-hydrogen) atoms. The fourth-order valence-electron chi connectivity index (χ4n) is 3.86. The van der Waals surface area contributed by atoms with E-state index in [1.54, 1.807) is 0 Å². The maximum Gasteiger partial charge on any atom is 0.317 e. The number of amides is 1. The number of likely N-dealkylation sites (N-methyl/N-ethyl adjacent to an activating group) is 1. The molecule has 6 nitrogen and oxygen atoms in total. The minimum absolute atomic E-state index is 0.0469. The van der Waals surface area contributed by atoms with E-state index in [0.29, 0.717) is 10.8 Å². The molecular formula is C22H27ClN5OS+. The summed E-state index contributed by atoms with van der Waals surface area (Å²) in [5.41, 5.74) is 3.87. The summed E-state index contributed by atoms with van der Waals surface area (Å²) in [7, 11) is 2.00. The normalized spacial score (nSPS) is 15.0. The van der Waals surface area contributed by atoms with Crippen molar-refractivity contribution in [3.8, 4) is 0 Å². The lowest BCUT2D eigenvalue weighted by Crippen LogP contribution is -2.46. The standard InChI is InChI=1S/C22H26ClN5OS/c1-3-27-11-13-28(14-12-27)21-16(23)7-6-9-18(21)24-20(29)15-30-22-25-17-8-4-5-10-19(17)26(22)2/h4-10H,3,11-15H2,1-2H3,(H,24,29)/p+1. The SMILES string of the molecule is CCN1CCN(c2c(Cl)cccc2NC(=O)CSc2[nH]c3ccccc3[n+]2C)CC1. The third kappa shape index (κ3) is 4.43. The number of aromatic nitrogens is 2. The van der Waals surface area contributed by atoms with Crippen LogP contribution in [0.3, 0.4) is 0 Å². The molecule has 1 amide bonds. The minimum atomic E-state index is -0.0469. The fourth-order valence-corrected chi connectivity index (χ4v) is 4.97. The number of nitrogens with one attached hydrogen (secondary N) is 2. The monoisotopic (exact) mass is 444 g/mol. The Labute approximate surface area is 186 Å². The van der Waals surface area contributed by atoms with E-state index in [2.05, 4.69) is 37.7 Å². The van der Waals surface area contributed by atoms with Crippen molar-refractivity contribution in [2.75, 3.05) is 48.7 Å². The zero-order chi connectivity index (χ0) is 21.1. The Morgan fingerprint density at radius 2 is 1.93 bits per heavy atom. The predicted octanol–water partition coefficient (Wildman–Crippen LogP) is 3.52. The molecule has 1 aromatic heterocycles. The van der Waals surface area contributed by atoms with Gasteiger partial charge in [0.15, 0.2) is 11.0 Å². The smallest absolute Gasteiger partial charge is 0.317 e. The Hall–Kier alpha value is -2.22. The minimum Gasteiger partial charge on any atom is -0.366 e. The Bertz CT molecular complexity index is 1050. The lowest BCUT2D eigenvalue weighted by atomic mass is 10.2. The number of anilines is 2. The topological polar surface area (TPSA) is 55.2 Å². The lowest BCUT2D eigenvalue weighted by Gasteiger charge is -2.36. The number of rotatable bonds is 6. The highest BCUT2D eigenvalue weighted by Crippen LogP contribution is 2.34. The molecule has 1 fully saturated rings. The van der Waals surface area contributed by atoms with Gasteiger partial charge >= 0.3 is 5.16 Å². The molecule has 0 aliphatic carbocycles. The third-order valence-electron chi connectivity index (χ3n) is 5.55. The zero-order valence-electron chi connectivity index (χ0n) is 17.3. The van der Waals surface area contributed by atoms with Crippen LogP contribution < -0.4 is 14.8 Å². The quantitative estimate of drug-likeness (QED) is 0.451. The van der Waals surface area contributed by atoms with E-state index in [1.807, 2.05) is 43.4 Å². The Balaban J connectivity index is 1.44. The van der Waals surface area contributed by atoms with Crippen LogP contribution in [0.15, 0.2) is 47.6 Å². The van der Waals surface area contributed by atoms with Gasteiger partial charge in [0.1, 0.15) is 0 Å². The van der Waals surface area contributed by atoms with Gasteiger partial charge in [0.05, 0.1) is 29.2 Å². The molecule has 8 heteroatoms. The number of thioether (sulfide) groups is 1. The van der Waals surface area contributed by atoms with E-state index >= 15 is 0 Å². The van der Waals surface area contributed by atoms with Crippen molar-refractivity contribution in [2.24, 2.45) is 7.05 Å². The van der Waals surface area contributed by atoms with Gasteiger partial charge in [-0.15, -0.1) is 0 Å². The lowest BCUT2D eigenvalue weighted by molar-refractivity contribution is -0.683. The van der Waals surface area contributed by atoms with E-state index in [4.69, 9.17) is 11.6 Å². The Morgan fingerprint density at radius 3 is 2.67 bits per heavy atom. The van der Waals surface area contributed by atoms with Crippen LogP contribution in [-0.4, -0.2) is 54.3 Å². The molecule has 0 unspecified atom stereocenters. The first kappa shape index (κ1) is 21.0. The van der Waals surface area contributed by atoms with Gasteiger partial charge in [0.2, 0.25) is 5.91 Å². The summed E-state index contributed by atoms with van der Waals surface area (Å²) in [4.78, 5) is 20.8. The van der Waals surface area contributed by atoms with Crippen LogP contribution in [0.25, 0.3) is 11.0 Å². The number of nitrogens with zero attached hydrogens (tertiary/aromatic N) is 3. The second-order valence-electron chi connectivity index (χ2n) is 7.40. The maximum absolute atomic E-state index is 12.7. The number of para-hydroxylation sites is 3. The Morgan fingerprint density at radius 1 is 1.17 bits per heavy atom. The number of hydrogen-bond acceptors (Lipinski definition) is 4. The van der Waals surface area contributed by atoms with E-state index in [-0.39, 0.29) is 5.91 Å². The molecule has 1 aliphatic heterocycles. The molecule has 0 saturated carbocycles. The molecular weight excluding hydrogens is 418 g/mol. The number of piperazine rings is 1. The molecule has 3 aromatic rings. The fraction of sp³-hybridized carbons (Fsp3) is 0.364. The van der Waals surface area contributed by atoms with Crippen molar-refractivity contribution < 1.29 is 9.36 Å². The van der Waals surface area contributed by atoms with E-state index in [9.17, 15) is 4.79 Å². The van der Waals surface area contributed by atoms with Gasteiger partial charge in [-0.2, -0.15) is 0 Å². The van der Waals surface area contributed by atoms with Gasteiger partial charge in [-0.1, -0.05) is 36.7 Å². The van der Waals surface area contributed by atoms with Crippen LogP contribution >= 0.6 is 23.4 Å². The molecule has 158 valence electrons. The van der Waals surface area contributed by atoms with Crippen molar-refractivity contribution in [2.45, 2.75) is 12.1 Å². The van der Waals surface area contributed by atoms with Crippen molar-refractivity contribution in [1.29, 1.82) is 0 Å². The highest BCUT2D eigenvalue weighted by molar-refractivity contribution is 7.99. The van der Waals surface area contributed by atoms with Crippen LogP contribution in [0, 0.1) is 0 Å². The second-order valence-corrected chi connectivity index (χ2v) is 8.77. The summed E-state index contributed by atoms with van der Waals surface area (Å²) in [6, 6.07) is 13.8. The highest BCUT2D eigenvalue weighted by Gasteiger charge is 2.22. The maximum atomic E-state index is 12.7. The summed E-state index contributed by atoms with van der Waals surface area (Å²) < 4.78 is 2.07. The molecule has 2 aromatic carbocycles. The largest absolute Gasteiger partial charge is 0.366 e. The van der Waals surface area contributed by atoms with Gasteiger partial charge in [-0.25, -0.2) is 9.55 Å². The number of benzene rings is 2. The first-order valence-corrected chi connectivity index (χ1v) is 11.6. The number of carbonyl (C=O) groups is 1. The number of imidazole rings is 1. The van der Waals surface area contributed by atoms with Gasteiger partial charge in [-0.3, -0.25) is 4.79 Å². The van der Waals surface area contributed by atoms with E-state index in [1.165, 1.54) is 11.8 Å². The molecule has 0 atom stereocenters. The van der Waals surface area contributed by atoms with Crippen molar-refractivity contribution in [3.05, 3.63) is 47.5 Å². The van der Waals surface area contributed by atoms with Crippen LogP contribution in [-0.2, 0) is 11.8 Å². The van der Waals surface area contributed by atoms with Crippen molar-refractivity contribution in [1.82, 2.24) is 9.88 Å². The first-order chi connectivity index (χ1) is 14.6. The van der Waals surface area contributed by atoms with Crippen LogP contribution in [0.4, 0.5) is 11.4 Å². The molecule has 1 saturated heterocycles. The van der Waals surface area contributed by atoms with E-state index in [0.717, 1.165) is 60.3 Å². The van der Waals surface area contributed by atoms with Gasteiger partial charge in [0, 0.05) is 26.2 Å². The predicted molar refractivity (Wildman–Crippen MR) is 125 cm³/mol. The summed E-state index contributed by atoms with van der Waals surface area (Å²) in [6.45, 7) is 7.05. The first-order valence-electron chi connectivity index (χ1n) is 10.2. The summed E-state index contributed by atoms with van der Waals surface area (Å²) in [5, 5.41) is 4.70. The van der Waals surface area contributed by atoms with Crippen molar-refractivity contribution >= 4 is 51.7 Å². The number of carbonyl (C=O) groups excluding carboxylic acids is 1. The second kappa shape index (κ2) is 9.29. The van der Waals surface area contributed by atoms with Crippen molar-refractivity contribution in [3.63, 3.8) is 0 Å². The van der Waals surface area contributed by atoms with Crippen LogP contribution in [0.2, 0.25) is 5.02 Å². The van der Waals surface area contributed by atoms with Gasteiger partial charge < -0.3 is 15.1 Å². The average Bonchev–Trinajstić information content (AvgIpc) is 3.08. The Kier molecular flexibility index (Phi) is 6.51. The number of halogens is 1. The zero-order valence-corrected chi connectivity index (χ0v) is 18.9. The number of aryl methyl sites for hydroxylation is 1. The number of aromatic amines is 1. The molecule has 2 heterocycles. The molecule has 0 spiro atoms. The molecule has 0 bridgehead atoms. The van der Waals surface area contributed by atoms with Gasteiger partial charge in [-0.05, 0) is 42.6 Å². The third-order valence-corrected chi connectivity index (χ3v) is 6.91. The van der Waals surface area contributed by atoms with Crippen LogP contribution in [0.1, 0.15) is 6.92 Å². The summed E-state index contributed by atoms with van der Waals surface area (Å²) in [5.74, 6) is 0.269. The number of hydrogen-bond donors (Lipinski definition) is 2. The molecule has 2 N–H and O–H groups in total. The number of fused-ring (bicyclic) bond motifs is 1. The van der Waals surface area contributed by atoms with E-state index < -0.39 is 0 Å².